The Labute approximate surface area is 202 Å². The van der Waals surface area contributed by atoms with Crippen LogP contribution in [0.25, 0.3) is 11.0 Å². The first-order chi connectivity index (χ1) is 16.2. The van der Waals surface area contributed by atoms with E-state index in [-0.39, 0.29) is 28.8 Å². The molecule has 0 bridgehead atoms. The number of benzene rings is 1. The van der Waals surface area contributed by atoms with Crippen LogP contribution in [0.15, 0.2) is 42.9 Å². The summed E-state index contributed by atoms with van der Waals surface area (Å²) in [5.74, 6) is 0.299. The van der Waals surface area contributed by atoms with Gasteiger partial charge in [0, 0.05) is 24.7 Å². The molecule has 0 N–H and O–H groups in total. The molecule has 3 aromatic rings. The normalized spacial score (nSPS) is 20.0. The van der Waals surface area contributed by atoms with Crippen LogP contribution < -0.4 is 4.74 Å². The van der Waals surface area contributed by atoms with Crippen LogP contribution in [0.3, 0.4) is 0 Å². The van der Waals surface area contributed by atoms with Crippen LogP contribution >= 0.6 is 11.6 Å². The number of rotatable bonds is 3. The van der Waals surface area contributed by atoms with Crippen LogP contribution in [0.4, 0.5) is 9.18 Å². The highest BCUT2D eigenvalue weighted by atomic mass is 35.5. The van der Waals surface area contributed by atoms with Crippen molar-refractivity contribution in [3.63, 3.8) is 0 Å². The molecule has 7 nitrogen and oxygen atoms in total. The first-order valence-electron chi connectivity index (χ1n) is 11.3. The zero-order valence-corrected chi connectivity index (χ0v) is 20.1. The molecule has 0 unspecified atom stereocenters. The second-order valence-corrected chi connectivity index (χ2v) is 10.00. The largest absolute Gasteiger partial charge is 0.486 e. The average molecular weight is 485 g/mol. The standard InChI is InChI=1S/C25H26ClFN4O3/c1-25(2,3)34-24(32)30-10-9-15-5-4-6-20(18(15)12-30)33-17-8-7-16(11-17)31-13-19(27)21-22(26)28-14-29-23(21)31/h4-8,13-14,16-17H,9-12H2,1-3H3/t16-,17+/m0/s1. The molecule has 34 heavy (non-hydrogen) atoms. The van der Waals surface area contributed by atoms with E-state index in [4.69, 9.17) is 21.1 Å². The van der Waals surface area contributed by atoms with Crippen LogP contribution in [0.2, 0.25) is 5.15 Å². The monoisotopic (exact) mass is 484 g/mol. The molecule has 1 aliphatic carbocycles. The molecule has 0 radical (unpaired) electrons. The van der Waals surface area contributed by atoms with E-state index in [0.717, 1.165) is 17.7 Å². The first kappa shape index (κ1) is 22.7. The Hall–Kier alpha value is -3.13. The molecule has 3 heterocycles. The fraction of sp³-hybridized carbons (Fsp3) is 0.400. The second-order valence-electron chi connectivity index (χ2n) is 9.64. The van der Waals surface area contributed by atoms with E-state index in [2.05, 4.69) is 16.0 Å². The Morgan fingerprint density at radius 3 is 2.85 bits per heavy atom. The smallest absolute Gasteiger partial charge is 0.410 e. The topological polar surface area (TPSA) is 69.5 Å². The number of carbonyl (C=O) groups is 1. The lowest BCUT2D eigenvalue weighted by Gasteiger charge is -2.32. The summed E-state index contributed by atoms with van der Waals surface area (Å²) in [6, 6.07) is 5.85. The zero-order chi connectivity index (χ0) is 24.0. The molecule has 9 heteroatoms. The Bertz CT molecular complexity index is 1280. The summed E-state index contributed by atoms with van der Waals surface area (Å²) >= 11 is 6.07. The van der Waals surface area contributed by atoms with Gasteiger partial charge >= 0.3 is 6.09 Å². The van der Waals surface area contributed by atoms with Gasteiger partial charge in [0.1, 0.15) is 34.6 Å². The number of nitrogens with zero attached hydrogens (tertiary/aromatic N) is 4. The third kappa shape index (κ3) is 4.34. The molecule has 0 saturated carbocycles. The maximum atomic E-state index is 14.5. The van der Waals surface area contributed by atoms with E-state index < -0.39 is 11.4 Å². The lowest BCUT2D eigenvalue weighted by molar-refractivity contribution is 0.0222. The summed E-state index contributed by atoms with van der Waals surface area (Å²) in [5.41, 5.74) is 2.07. The van der Waals surface area contributed by atoms with Crippen molar-refractivity contribution in [2.45, 2.75) is 57.9 Å². The number of amides is 1. The third-order valence-electron chi connectivity index (χ3n) is 6.06. The van der Waals surface area contributed by atoms with Gasteiger partial charge in [0.25, 0.3) is 0 Å². The zero-order valence-electron chi connectivity index (χ0n) is 19.3. The number of carbonyl (C=O) groups excluding carboxylic acids is 1. The SMILES string of the molecule is CC(C)(C)OC(=O)N1CCc2cccc(O[C@@H]3C=C[C@H](n4cc(F)c5c(Cl)ncnc54)C3)c2C1. The van der Waals surface area contributed by atoms with Gasteiger partial charge in [-0.1, -0.05) is 29.8 Å². The highest BCUT2D eigenvalue weighted by Gasteiger charge is 2.29. The average Bonchev–Trinajstić information content (AvgIpc) is 3.37. The van der Waals surface area contributed by atoms with Gasteiger partial charge in [-0.25, -0.2) is 19.2 Å². The fourth-order valence-corrected chi connectivity index (χ4v) is 4.72. The van der Waals surface area contributed by atoms with E-state index >= 15 is 0 Å². The summed E-state index contributed by atoms with van der Waals surface area (Å²) in [6.07, 6.45) is 7.54. The maximum Gasteiger partial charge on any atom is 0.410 e. The quantitative estimate of drug-likeness (QED) is 0.364. The Kier molecular flexibility index (Phi) is 5.72. The third-order valence-corrected chi connectivity index (χ3v) is 6.34. The van der Waals surface area contributed by atoms with Crippen LogP contribution in [-0.4, -0.2) is 43.8 Å². The summed E-state index contributed by atoms with van der Waals surface area (Å²) in [4.78, 5) is 22.4. The molecule has 178 valence electrons. The van der Waals surface area contributed by atoms with Gasteiger partial charge in [-0.2, -0.15) is 0 Å². The molecule has 1 amide bonds. The Morgan fingerprint density at radius 2 is 2.06 bits per heavy atom. The maximum absolute atomic E-state index is 14.5. The number of hydrogen-bond acceptors (Lipinski definition) is 5. The molecule has 1 aromatic carbocycles. The Balaban J connectivity index is 1.32. The molecule has 2 aliphatic rings. The highest BCUT2D eigenvalue weighted by Crippen LogP contribution is 2.35. The fourth-order valence-electron chi connectivity index (χ4n) is 4.50. The van der Waals surface area contributed by atoms with Crippen LogP contribution in [0.1, 0.15) is 44.4 Å². The summed E-state index contributed by atoms with van der Waals surface area (Å²) in [5, 5.41) is 0.322. The predicted octanol–water partition coefficient (Wildman–Crippen LogP) is 5.47. The van der Waals surface area contributed by atoms with Crippen molar-refractivity contribution in [2.24, 2.45) is 0 Å². The number of ether oxygens (including phenoxy) is 2. The molecule has 0 spiro atoms. The lowest BCUT2D eigenvalue weighted by Crippen LogP contribution is -2.40. The molecule has 1 aliphatic heterocycles. The minimum atomic E-state index is -0.547. The summed E-state index contributed by atoms with van der Waals surface area (Å²) in [6.45, 7) is 6.62. The van der Waals surface area contributed by atoms with Crippen molar-refractivity contribution in [1.29, 1.82) is 0 Å². The molecular formula is C25H26ClFN4O3. The second kappa shape index (κ2) is 8.58. The molecule has 0 saturated heterocycles. The van der Waals surface area contributed by atoms with E-state index in [1.54, 1.807) is 9.47 Å². The van der Waals surface area contributed by atoms with Crippen molar-refractivity contribution < 1.29 is 18.7 Å². The Morgan fingerprint density at radius 1 is 1.24 bits per heavy atom. The molecule has 5 rings (SSSR count). The minimum absolute atomic E-state index is 0.0986. The summed E-state index contributed by atoms with van der Waals surface area (Å²) in [7, 11) is 0. The van der Waals surface area contributed by atoms with Gasteiger partial charge < -0.3 is 18.9 Å². The van der Waals surface area contributed by atoms with Crippen molar-refractivity contribution in [3.05, 3.63) is 65.0 Å². The van der Waals surface area contributed by atoms with E-state index in [9.17, 15) is 9.18 Å². The molecule has 2 atom stereocenters. The number of hydrogen-bond donors (Lipinski definition) is 0. The van der Waals surface area contributed by atoms with Crippen molar-refractivity contribution in [1.82, 2.24) is 19.4 Å². The van der Waals surface area contributed by atoms with Gasteiger partial charge in [-0.3, -0.25) is 0 Å². The lowest BCUT2D eigenvalue weighted by atomic mass is 9.99. The van der Waals surface area contributed by atoms with Crippen molar-refractivity contribution >= 4 is 28.7 Å². The number of fused-ring (bicyclic) bond motifs is 2. The first-order valence-corrected chi connectivity index (χ1v) is 11.7. The van der Waals surface area contributed by atoms with Crippen molar-refractivity contribution in [3.8, 4) is 5.75 Å². The van der Waals surface area contributed by atoms with Crippen LogP contribution in [0.5, 0.6) is 5.75 Å². The van der Waals surface area contributed by atoms with E-state index in [1.807, 2.05) is 45.1 Å². The summed E-state index contributed by atoms with van der Waals surface area (Å²) < 4.78 is 28.2. The van der Waals surface area contributed by atoms with Crippen LogP contribution in [0, 0.1) is 5.82 Å². The molecule has 0 fully saturated rings. The number of halogens is 2. The number of allylic oxidation sites excluding steroid dienone is 1. The molecule has 2 aromatic heterocycles. The van der Waals surface area contributed by atoms with Crippen molar-refractivity contribution in [2.75, 3.05) is 6.54 Å². The van der Waals surface area contributed by atoms with Gasteiger partial charge in [0.15, 0.2) is 5.82 Å². The van der Waals surface area contributed by atoms with Gasteiger partial charge in [0.2, 0.25) is 0 Å². The van der Waals surface area contributed by atoms with Gasteiger partial charge in [-0.15, -0.1) is 0 Å². The van der Waals surface area contributed by atoms with Crippen LogP contribution in [-0.2, 0) is 17.7 Å². The highest BCUT2D eigenvalue weighted by molar-refractivity contribution is 6.34. The predicted molar refractivity (Wildman–Crippen MR) is 126 cm³/mol. The van der Waals surface area contributed by atoms with Gasteiger partial charge in [0.05, 0.1) is 18.0 Å². The molecular weight excluding hydrogens is 459 g/mol. The van der Waals surface area contributed by atoms with E-state index in [0.29, 0.717) is 25.2 Å². The van der Waals surface area contributed by atoms with Gasteiger partial charge in [-0.05, 0) is 44.9 Å². The van der Waals surface area contributed by atoms with E-state index in [1.165, 1.54) is 18.1 Å². The number of aromatic nitrogens is 3. The minimum Gasteiger partial charge on any atom is -0.486 e.